The number of para-hydroxylation sites is 1. The van der Waals surface area contributed by atoms with Gasteiger partial charge < -0.3 is 4.74 Å². The van der Waals surface area contributed by atoms with Gasteiger partial charge in [-0.25, -0.2) is 9.67 Å². The SMILES string of the molecule is Cc1cc(C)n(-c2ccc(Cl)c(C(=O)NNC(=O)COc3ccccc3C#N)n2)n1. The molecule has 0 aliphatic rings. The van der Waals surface area contributed by atoms with Crippen molar-refractivity contribution in [2.45, 2.75) is 13.8 Å². The summed E-state index contributed by atoms with van der Waals surface area (Å²) in [5, 5.41) is 13.5. The maximum absolute atomic E-state index is 12.4. The molecule has 0 spiro atoms. The van der Waals surface area contributed by atoms with Crippen LogP contribution in [0.1, 0.15) is 27.4 Å². The van der Waals surface area contributed by atoms with Crippen molar-refractivity contribution in [2.75, 3.05) is 6.61 Å². The average molecular weight is 425 g/mol. The molecule has 0 aliphatic carbocycles. The van der Waals surface area contributed by atoms with Crippen LogP contribution in [0.25, 0.3) is 5.82 Å². The number of carbonyl (C=O) groups excluding carboxylic acids is 2. The number of nitriles is 1. The molecular weight excluding hydrogens is 408 g/mol. The maximum atomic E-state index is 12.4. The number of carbonyl (C=O) groups is 2. The minimum atomic E-state index is -0.700. The number of aryl methyl sites for hydroxylation is 2. The van der Waals surface area contributed by atoms with Gasteiger partial charge in [0, 0.05) is 5.69 Å². The van der Waals surface area contributed by atoms with Crippen molar-refractivity contribution in [1.82, 2.24) is 25.6 Å². The molecule has 0 atom stereocenters. The van der Waals surface area contributed by atoms with Crippen LogP contribution in [-0.2, 0) is 4.79 Å². The molecule has 0 unspecified atom stereocenters. The molecule has 2 heterocycles. The zero-order valence-corrected chi connectivity index (χ0v) is 16.9. The van der Waals surface area contributed by atoms with Crippen LogP contribution in [0, 0.1) is 25.2 Å². The lowest BCUT2D eigenvalue weighted by Crippen LogP contribution is -2.44. The molecule has 0 fully saturated rings. The molecule has 0 radical (unpaired) electrons. The maximum Gasteiger partial charge on any atom is 0.289 e. The van der Waals surface area contributed by atoms with E-state index in [1.807, 2.05) is 26.0 Å². The molecule has 1 aromatic carbocycles. The number of pyridine rings is 1. The Balaban J connectivity index is 1.63. The van der Waals surface area contributed by atoms with Gasteiger partial charge in [0.05, 0.1) is 16.3 Å². The zero-order valence-electron chi connectivity index (χ0n) is 16.1. The Kier molecular flexibility index (Phi) is 6.29. The minimum Gasteiger partial charge on any atom is -0.482 e. The second kappa shape index (κ2) is 9.07. The molecule has 0 saturated heterocycles. The van der Waals surface area contributed by atoms with Crippen molar-refractivity contribution in [3.05, 3.63) is 70.1 Å². The zero-order chi connectivity index (χ0) is 21.7. The third kappa shape index (κ3) is 4.74. The lowest BCUT2D eigenvalue weighted by molar-refractivity contribution is -0.123. The smallest absolute Gasteiger partial charge is 0.289 e. The summed E-state index contributed by atoms with van der Waals surface area (Å²) in [6, 6.07) is 13.5. The summed E-state index contributed by atoms with van der Waals surface area (Å²) < 4.78 is 6.89. The number of nitrogens with zero attached hydrogens (tertiary/aromatic N) is 4. The minimum absolute atomic E-state index is 0.0715. The average Bonchev–Trinajstić information content (AvgIpc) is 3.08. The fraction of sp³-hybridized carbons (Fsp3) is 0.150. The lowest BCUT2D eigenvalue weighted by Gasteiger charge is -2.11. The van der Waals surface area contributed by atoms with Crippen molar-refractivity contribution in [1.29, 1.82) is 5.26 Å². The molecule has 30 heavy (non-hydrogen) atoms. The van der Waals surface area contributed by atoms with Crippen LogP contribution in [0.2, 0.25) is 5.02 Å². The normalized spacial score (nSPS) is 10.2. The van der Waals surface area contributed by atoms with Crippen molar-refractivity contribution < 1.29 is 14.3 Å². The van der Waals surface area contributed by atoms with Gasteiger partial charge in [-0.3, -0.25) is 20.4 Å². The largest absolute Gasteiger partial charge is 0.482 e. The van der Waals surface area contributed by atoms with Gasteiger partial charge in [-0.2, -0.15) is 10.4 Å². The number of rotatable bonds is 5. The predicted octanol–water partition coefficient (Wildman–Crippen LogP) is 2.25. The first-order valence-electron chi connectivity index (χ1n) is 8.80. The number of nitrogens with one attached hydrogen (secondary N) is 2. The summed E-state index contributed by atoms with van der Waals surface area (Å²) in [7, 11) is 0. The summed E-state index contributed by atoms with van der Waals surface area (Å²) in [5.74, 6) is -0.641. The van der Waals surface area contributed by atoms with E-state index in [0.29, 0.717) is 11.4 Å². The van der Waals surface area contributed by atoms with Gasteiger partial charge in [-0.1, -0.05) is 23.7 Å². The van der Waals surface area contributed by atoms with Crippen LogP contribution in [0.3, 0.4) is 0 Å². The number of hydrogen-bond donors (Lipinski definition) is 2. The van der Waals surface area contributed by atoms with E-state index in [9.17, 15) is 9.59 Å². The number of amides is 2. The highest BCUT2D eigenvalue weighted by molar-refractivity contribution is 6.33. The molecule has 0 aliphatic heterocycles. The van der Waals surface area contributed by atoms with E-state index in [0.717, 1.165) is 11.4 Å². The second-order valence-corrected chi connectivity index (χ2v) is 6.64. The molecule has 0 bridgehead atoms. The highest BCUT2D eigenvalue weighted by Crippen LogP contribution is 2.18. The van der Waals surface area contributed by atoms with E-state index in [2.05, 4.69) is 20.9 Å². The van der Waals surface area contributed by atoms with Gasteiger partial charge in [0.25, 0.3) is 11.8 Å². The van der Waals surface area contributed by atoms with Crippen molar-refractivity contribution in [3.63, 3.8) is 0 Å². The number of benzene rings is 1. The van der Waals surface area contributed by atoms with E-state index in [1.165, 1.54) is 6.07 Å². The van der Waals surface area contributed by atoms with Gasteiger partial charge in [0.1, 0.15) is 11.8 Å². The van der Waals surface area contributed by atoms with Crippen LogP contribution in [0.15, 0.2) is 42.5 Å². The van der Waals surface area contributed by atoms with E-state index >= 15 is 0 Å². The van der Waals surface area contributed by atoms with Crippen molar-refractivity contribution in [2.24, 2.45) is 0 Å². The molecule has 2 amide bonds. The van der Waals surface area contributed by atoms with Crippen LogP contribution in [0.5, 0.6) is 5.75 Å². The Labute approximate surface area is 177 Å². The van der Waals surface area contributed by atoms with Crippen molar-refractivity contribution >= 4 is 23.4 Å². The van der Waals surface area contributed by atoms with Crippen molar-refractivity contribution in [3.8, 4) is 17.6 Å². The molecule has 9 nitrogen and oxygen atoms in total. The molecule has 2 N–H and O–H groups in total. The third-order valence-corrected chi connectivity index (χ3v) is 4.26. The highest BCUT2D eigenvalue weighted by Gasteiger charge is 2.16. The van der Waals surface area contributed by atoms with Gasteiger partial charge in [0.2, 0.25) is 0 Å². The summed E-state index contributed by atoms with van der Waals surface area (Å²) in [5.41, 5.74) is 6.34. The van der Waals surface area contributed by atoms with Gasteiger partial charge in [-0.15, -0.1) is 0 Å². The highest BCUT2D eigenvalue weighted by atomic mass is 35.5. The van der Waals surface area contributed by atoms with E-state index in [4.69, 9.17) is 21.6 Å². The molecule has 10 heteroatoms. The molecule has 0 saturated carbocycles. The summed E-state index contributed by atoms with van der Waals surface area (Å²) in [4.78, 5) is 28.7. The first kappa shape index (κ1) is 20.8. The Morgan fingerprint density at radius 2 is 1.97 bits per heavy atom. The van der Waals surface area contributed by atoms with Gasteiger partial charge in [-0.05, 0) is 44.2 Å². The van der Waals surface area contributed by atoms with Gasteiger partial charge in [0.15, 0.2) is 18.1 Å². The second-order valence-electron chi connectivity index (χ2n) is 6.24. The number of hydrogen-bond acceptors (Lipinski definition) is 6. The molecule has 152 valence electrons. The van der Waals surface area contributed by atoms with Crippen LogP contribution >= 0.6 is 11.6 Å². The summed E-state index contributed by atoms with van der Waals surface area (Å²) in [6.45, 7) is 3.31. The number of hydrazine groups is 1. The number of aromatic nitrogens is 3. The lowest BCUT2D eigenvalue weighted by atomic mass is 10.2. The Hall–Kier alpha value is -3.90. The molecular formula is C20H17ClN6O3. The fourth-order valence-electron chi connectivity index (χ4n) is 2.62. The fourth-order valence-corrected chi connectivity index (χ4v) is 2.81. The standard InChI is InChI=1S/C20H17ClN6O3/c1-12-9-13(2)27(26-12)17-8-7-15(21)19(23-17)20(29)25-24-18(28)11-30-16-6-4-3-5-14(16)10-22/h3-9H,11H2,1-2H3,(H,24,28)(H,25,29). The monoisotopic (exact) mass is 424 g/mol. The Morgan fingerprint density at radius 1 is 1.20 bits per heavy atom. The Morgan fingerprint density at radius 3 is 2.67 bits per heavy atom. The summed E-state index contributed by atoms with van der Waals surface area (Å²) in [6.07, 6.45) is 0. The predicted molar refractivity (Wildman–Crippen MR) is 108 cm³/mol. The van der Waals surface area contributed by atoms with E-state index in [1.54, 1.807) is 35.0 Å². The number of halogens is 1. The Bertz CT molecular complexity index is 1150. The quantitative estimate of drug-likeness (QED) is 0.606. The summed E-state index contributed by atoms with van der Waals surface area (Å²) >= 11 is 6.09. The van der Waals surface area contributed by atoms with E-state index < -0.39 is 18.4 Å². The molecule has 3 aromatic rings. The first-order valence-corrected chi connectivity index (χ1v) is 9.18. The van der Waals surface area contributed by atoms with Crippen LogP contribution in [0.4, 0.5) is 0 Å². The molecule has 2 aromatic heterocycles. The first-order chi connectivity index (χ1) is 14.4. The molecule has 3 rings (SSSR count). The van der Waals surface area contributed by atoms with Crippen LogP contribution < -0.4 is 15.6 Å². The van der Waals surface area contributed by atoms with Crippen LogP contribution in [-0.4, -0.2) is 33.2 Å². The number of ether oxygens (including phenoxy) is 1. The third-order valence-electron chi connectivity index (χ3n) is 3.95. The van der Waals surface area contributed by atoms with Gasteiger partial charge >= 0.3 is 0 Å². The van der Waals surface area contributed by atoms with E-state index in [-0.39, 0.29) is 16.5 Å². The topological polar surface area (TPSA) is 122 Å².